The molecule has 0 fully saturated rings. The topological polar surface area (TPSA) is 20.2 Å². The normalized spacial score (nSPS) is 10.0. The maximum atomic E-state index is 7.00. The molecule has 0 amide bonds. The fourth-order valence-corrected chi connectivity index (χ4v) is 2.63. The van der Waals surface area contributed by atoms with Gasteiger partial charge in [0.2, 0.25) is 0 Å². The molecule has 0 saturated heterocycles. The third-order valence-electron chi connectivity index (χ3n) is 3.99. The van der Waals surface area contributed by atoms with Crippen LogP contribution in [-0.4, -0.2) is 12.2 Å². The summed E-state index contributed by atoms with van der Waals surface area (Å²) in [5.41, 5.74) is 2.58. The minimum absolute atomic E-state index is 0. The van der Waals surface area contributed by atoms with E-state index in [2.05, 4.69) is 72.8 Å². The number of allylic oxidation sites excluding steroid dienone is 4. The Bertz CT molecular complexity index is 918. The van der Waals surface area contributed by atoms with Crippen molar-refractivity contribution in [2.75, 3.05) is 7.11 Å². The van der Waals surface area contributed by atoms with E-state index in [4.69, 9.17) is 5.11 Å². The summed E-state index contributed by atoms with van der Waals surface area (Å²) in [4.78, 5) is 0. The molecule has 4 aromatic rings. The Hall–Kier alpha value is -2.13. The SMILES string of the molecule is CO.[Cl-].[Cl-].[Ti+2].[c-]1c(C2=CC=CC2)ccc2ccccc12.[c-]1ccccc1.[c-]1ccccc1. The van der Waals surface area contributed by atoms with Crippen LogP contribution in [0.4, 0.5) is 0 Å². The smallest absolute Gasteiger partial charge is 1.00 e. The van der Waals surface area contributed by atoms with E-state index in [0.717, 1.165) is 13.5 Å². The molecule has 0 radical (unpaired) electrons. The summed E-state index contributed by atoms with van der Waals surface area (Å²) in [5.74, 6) is 0. The van der Waals surface area contributed by atoms with E-state index < -0.39 is 0 Å². The van der Waals surface area contributed by atoms with Gasteiger partial charge in [0.15, 0.2) is 0 Å². The van der Waals surface area contributed by atoms with Gasteiger partial charge in [0.05, 0.1) is 0 Å². The Morgan fingerprint density at radius 3 is 1.69 bits per heavy atom. The number of aliphatic hydroxyl groups excluding tert-OH is 1. The summed E-state index contributed by atoms with van der Waals surface area (Å²) >= 11 is 0. The van der Waals surface area contributed by atoms with Gasteiger partial charge >= 0.3 is 21.7 Å². The zero-order valence-electron chi connectivity index (χ0n) is 17.9. The summed E-state index contributed by atoms with van der Waals surface area (Å²) in [7, 11) is 1.00. The first kappa shape index (κ1) is 32.1. The largest absolute Gasteiger partial charge is 2.00 e. The van der Waals surface area contributed by atoms with E-state index in [-0.39, 0.29) is 46.5 Å². The number of hydrogen-bond acceptors (Lipinski definition) is 1. The van der Waals surface area contributed by atoms with Crippen molar-refractivity contribution in [1.29, 1.82) is 0 Å². The number of aliphatic hydroxyl groups is 1. The zero-order valence-corrected chi connectivity index (χ0v) is 21.0. The molecule has 32 heavy (non-hydrogen) atoms. The van der Waals surface area contributed by atoms with Crippen molar-refractivity contribution in [2.24, 2.45) is 0 Å². The van der Waals surface area contributed by atoms with Crippen molar-refractivity contribution >= 4 is 16.3 Å². The number of halogens is 2. The predicted molar refractivity (Wildman–Crippen MR) is 123 cm³/mol. The molecule has 1 aliphatic rings. The summed E-state index contributed by atoms with van der Waals surface area (Å²) in [5, 5.41) is 9.45. The second-order valence-corrected chi connectivity index (χ2v) is 5.94. The van der Waals surface area contributed by atoms with E-state index in [1.165, 1.54) is 21.9 Å². The van der Waals surface area contributed by atoms with Crippen molar-refractivity contribution in [3.8, 4) is 0 Å². The second-order valence-electron chi connectivity index (χ2n) is 5.94. The van der Waals surface area contributed by atoms with Crippen LogP contribution in [0.25, 0.3) is 16.3 Å². The minimum Gasteiger partial charge on any atom is -1.00 e. The maximum Gasteiger partial charge on any atom is 2.00 e. The summed E-state index contributed by atoms with van der Waals surface area (Å²) in [6.07, 6.45) is 7.49. The van der Waals surface area contributed by atoms with Crippen molar-refractivity contribution in [3.05, 3.63) is 139 Å². The zero-order chi connectivity index (χ0) is 20.6. The molecule has 4 aromatic carbocycles. The predicted octanol–water partition coefficient (Wildman–Crippen LogP) is 0.571. The van der Waals surface area contributed by atoms with Crippen molar-refractivity contribution in [3.63, 3.8) is 0 Å². The average Bonchev–Trinajstić information content (AvgIpc) is 3.38. The molecule has 0 aromatic heterocycles. The van der Waals surface area contributed by atoms with Gasteiger partial charge in [-0.15, -0.1) is 40.8 Å². The fraction of sp³-hybridized carbons (Fsp3) is 0.0714. The summed E-state index contributed by atoms with van der Waals surface area (Å²) in [6, 6.07) is 41.1. The van der Waals surface area contributed by atoms with Gasteiger partial charge in [-0.25, -0.2) is 0 Å². The molecule has 0 bridgehead atoms. The Balaban J connectivity index is 0. The molecule has 1 nitrogen and oxygen atoms in total. The molecular weight excluding hydrogens is 471 g/mol. The van der Waals surface area contributed by atoms with Gasteiger partial charge in [-0.2, -0.15) is 72.8 Å². The van der Waals surface area contributed by atoms with Crippen LogP contribution in [0.3, 0.4) is 0 Å². The van der Waals surface area contributed by atoms with Crippen LogP contribution in [0.15, 0.2) is 115 Å². The van der Waals surface area contributed by atoms with Gasteiger partial charge in [-0.1, -0.05) is 41.8 Å². The van der Waals surface area contributed by atoms with Gasteiger partial charge < -0.3 is 29.9 Å². The Labute approximate surface area is 219 Å². The van der Waals surface area contributed by atoms with Gasteiger partial charge in [0.25, 0.3) is 0 Å². The third kappa shape index (κ3) is 12.0. The molecule has 0 spiro atoms. The first-order valence-corrected chi connectivity index (χ1v) is 9.47. The van der Waals surface area contributed by atoms with E-state index in [0.29, 0.717) is 0 Å². The third-order valence-corrected chi connectivity index (χ3v) is 3.99. The molecule has 0 aliphatic heterocycles. The van der Waals surface area contributed by atoms with Crippen molar-refractivity contribution in [1.82, 2.24) is 0 Å². The molecule has 1 N–H and O–H groups in total. The van der Waals surface area contributed by atoms with Crippen molar-refractivity contribution in [2.45, 2.75) is 6.42 Å². The number of hydrogen-bond donors (Lipinski definition) is 1. The number of benzene rings is 4. The summed E-state index contributed by atoms with van der Waals surface area (Å²) in [6.45, 7) is 0. The number of rotatable bonds is 1. The van der Waals surface area contributed by atoms with Gasteiger partial charge in [-0.05, 0) is 6.42 Å². The van der Waals surface area contributed by atoms with Crippen LogP contribution in [0.2, 0.25) is 0 Å². The van der Waals surface area contributed by atoms with E-state index >= 15 is 0 Å². The van der Waals surface area contributed by atoms with Gasteiger partial charge in [0.1, 0.15) is 0 Å². The van der Waals surface area contributed by atoms with Crippen LogP contribution in [0, 0.1) is 18.2 Å². The van der Waals surface area contributed by atoms with Crippen molar-refractivity contribution < 1.29 is 51.6 Å². The number of fused-ring (bicyclic) bond motifs is 1. The van der Waals surface area contributed by atoms with Crippen LogP contribution < -0.4 is 24.8 Å². The maximum absolute atomic E-state index is 7.00. The first-order valence-electron chi connectivity index (χ1n) is 9.47. The standard InChI is InChI=1S/C15H11.2C6H5.CH4O.2ClH.Ti/c1-2-6-12(5-1)15-10-9-13-7-3-4-8-14(13)11-15;2*1-2-4-6-5-3-1;1-2;;;/h1-5,7-10H,6H2;2*1-5H;2H,1H3;2*1H;/q3*-1;;;;+2/p-2. The van der Waals surface area contributed by atoms with E-state index in [9.17, 15) is 0 Å². The quantitative estimate of drug-likeness (QED) is 0.302. The minimum atomic E-state index is 0. The molecule has 0 heterocycles. The Kier molecular flexibility index (Phi) is 20.8. The van der Waals surface area contributed by atoms with E-state index in [1.807, 2.05) is 60.7 Å². The summed E-state index contributed by atoms with van der Waals surface area (Å²) < 4.78 is 0. The molecular formula is C28H25Cl2OTi-3. The Morgan fingerprint density at radius 2 is 1.25 bits per heavy atom. The first-order chi connectivity index (χ1) is 14.4. The van der Waals surface area contributed by atoms with E-state index in [1.54, 1.807) is 0 Å². The van der Waals surface area contributed by atoms with Crippen LogP contribution in [0.5, 0.6) is 0 Å². The molecule has 0 unspecified atom stereocenters. The van der Waals surface area contributed by atoms with Crippen LogP contribution in [-0.2, 0) is 21.7 Å². The molecule has 0 saturated carbocycles. The molecule has 0 atom stereocenters. The van der Waals surface area contributed by atoms with Crippen LogP contribution >= 0.6 is 0 Å². The molecule has 4 heteroatoms. The molecule has 164 valence electrons. The fourth-order valence-electron chi connectivity index (χ4n) is 2.63. The Morgan fingerprint density at radius 1 is 0.688 bits per heavy atom. The molecule has 1 aliphatic carbocycles. The average molecular weight is 496 g/mol. The van der Waals surface area contributed by atoms with Gasteiger partial charge in [0, 0.05) is 7.11 Å². The van der Waals surface area contributed by atoms with Gasteiger partial charge in [-0.3, -0.25) is 0 Å². The van der Waals surface area contributed by atoms with Crippen LogP contribution in [0.1, 0.15) is 12.0 Å². The monoisotopic (exact) mass is 495 g/mol. The molecule has 5 rings (SSSR count). The second kappa shape index (κ2) is 20.8.